The van der Waals surface area contributed by atoms with E-state index in [9.17, 15) is 0 Å². The molecule has 0 aliphatic carbocycles. The van der Waals surface area contributed by atoms with E-state index in [1.165, 1.54) is 27.8 Å². The number of rotatable bonds is 2. The van der Waals surface area contributed by atoms with Crippen molar-refractivity contribution in [2.24, 2.45) is 0 Å². The van der Waals surface area contributed by atoms with Gasteiger partial charge in [-0.15, -0.1) is 0 Å². The fraction of sp³-hybridized carbons (Fsp3) is 0.130. The second kappa shape index (κ2) is 8.75. The zero-order valence-corrected chi connectivity index (χ0v) is 14.2. The van der Waals surface area contributed by atoms with Gasteiger partial charge in [0, 0.05) is 0 Å². The number of hydrogen-bond acceptors (Lipinski definition) is 0. The van der Waals surface area contributed by atoms with E-state index in [-0.39, 0.29) is 0 Å². The topological polar surface area (TPSA) is 0 Å². The van der Waals surface area contributed by atoms with Gasteiger partial charge in [0.1, 0.15) is 0 Å². The Balaban J connectivity index is 0.000000229. The quantitative estimate of drug-likeness (QED) is 0.510. The summed E-state index contributed by atoms with van der Waals surface area (Å²) in [6, 6.07) is 29.4. The molecule has 0 heteroatoms. The Morgan fingerprint density at radius 1 is 0.565 bits per heavy atom. The molecule has 0 nitrogen and oxygen atoms in total. The summed E-state index contributed by atoms with van der Waals surface area (Å²) >= 11 is 0. The molecule has 3 aromatic rings. The van der Waals surface area contributed by atoms with Crippen LogP contribution in [-0.4, -0.2) is 0 Å². The summed E-state index contributed by atoms with van der Waals surface area (Å²) in [6.45, 7) is 6.28. The number of hydrogen-bond donors (Lipinski definition) is 0. The predicted molar refractivity (Wildman–Crippen MR) is 102 cm³/mol. The highest BCUT2D eigenvalue weighted by molar-refractivity contribution is 5.79. The maximum Gasteiger partial charge on any atom is -0.0154 e. The normalized spacial score (nSPS) is 10.7. The first kappa shape index (κ1) is 16.8. The second-order valence-corrected chi connectivity index (χ2v) is 5.59. The minimum atomic E-state index is 1.27. The lowest BCUT2D eigenvalue weighted by Crippen LogP contribution is -1.87. The van der Waals surface area contributed by atoms with Gasteiger partial charge in [0.15, 0.2) is 0 Å². The number of aryl methyl sites for hydroxylation is 2. The molecule has 0 radical (unpaired) electrons. The van der Waals surface area contributed by atoms with Gasteiger partial charge in [-0.25, -0.2) is 0 Å². The average Bonchev–Trinajstić information content (AvgIpc) is 2.59. The molecule has 0 unspecified atom stereocenters. The van der Waals surface area contributed by atoms with Crippen LogP contribution in [0.5, 0.6) is 0 Å². The van der Waals surface area contributed by atoms with E-state index in [2.05, 4.69) is 87.5 Å². The summed E-state index contributed by atoms with van der Waals surface area (Å²) in [5.74, 6) is 0. The molecule has 0 aromatic heterocycles. The van der Waals surface area contributed by atoms with Gasteiger partial charge in [-0.05, 0) is 37.5 Å². The standard InChI is InChI=1S/C16H16.C7H8/c1-3-16(14-7-5-4-6-8-14)15-11-9-13(2)10-12-15;1-7-5-3-2-4-6-7/h3-12H,1-2H3;2-6H,1H3/b16-3+;. The lowest BCUT2D eigenvalue weighted by Gasteiger charge is -2.07. The van der Waals surface area contributed by atoms with Gasteiger partial charge in [-0.2, -0.15) is 0 Å². The van der Waals surface area contributed by atoms with Gasteiger partial charge in [0.05, 0.1) is 0 Å². The van der Waals surface area contributed by atoms with Crippen molar-refractivity contribution in [1.82, 2.24) is 0 Å². The van der Waals surface area contributed by atoms with Crippen LogP contribution in [0.3, 0.4) is 0 Å². The summed E-state index contributed by atoms with van der Waals surface area (Å²) in [5, 5.41) is 0. The fourth-order valence-electron chi connectivity index (χ4n) is 2.39. The van der Waals surface area contributed by atoms with Crippen LogP contribution in [0.4, 0.5) is 0 Å². The first-order valence-electron chi connectivity index (χ1n) is 8.01. The lowest BCUT2D eigenvalue weighted by molar-refractivity contribution is 1.44. The molecule has 0 N–H and O–H groups in total. The summed E-state index contributed by atoms with van der Waals surface area (Å²) < 4.78 is 0. The zero-order chi connectivity index (χ0) is 16.5. The first-order valence-corrected chi connectivity index (χ1v) is 8.01. The van der Waals surface area contributed by atoms with Crippen LogP contribution in [0.25, 0.3) is 5.57 Å². The Hall–Kier alpha value is -2.60. The van der Waals surface area contributed by atoms with Crippen LogP contribution in [0, 0.1) is 13.8 Å². The zero-order valence-electron chi connectivity index (χ0n) is 14.2. The molecule has 0 saturated heterocycles. The monoisotopic (exact) mass is 300 g/mol. The third-order valence-corrected chi connectivity index (χ3v) is 3.68. The molecule has 0 atom stereocenters. The number of benzene rings is 3. The molecule has 3 aromatic carbocycles. The molecule has 0 aliphatic heterocycles. The molecule has 0 heterocycles. The molecule has 23 heavy (non-hydrogen) atoms. The van der Waals surface area contributed by atoms with Crippen molar-refractivity contribution >= 4 is 5.57 Å². The van der Waals surface area contributed by atoms with Gasteiger partial charge in [0.2, 0.25) is 0 Å². The molecule has 3 rings (SSSR count). The van der Waals surface area contributed by atoms with E-state index >= 15 is 0 Å². The third kappa shape index (κ3) is 5.27. The van der Waals surface area contributed by atoms with Gasteiger partial charge in [-0.1, -0.05) is 102 Å². The Morgan fingerprint density at radius 3 is 1.43 bits per heavy atom. The summed E-state index contributed by atoms with van der Waals surface area (Å²) in [5.41, 5.74) is 6.46. The summed E-state index contributed by atoms with van der Waals surface area (Å²) in [6.07, 6.45) is 2.17. The first-order chi connectivity index (χ1) is 11.2. The van der Waals surface area contributed by atoms with Gasteiger partial charge in [0.25, 0.3) is 0 Å². The van der Waals surface area contributed by atoms with Crippen LogP contribution in [0.1, 0.15) is 29.2 Å². The highest BCUT2D eigenvalue weighted by Crippen LogP contribution is 2.23. The van der Waals surface area contributed by atoms with Crippen molar-refractivity contribution in [2.75, 3.05) is 0 Å². The number of allylic oxidation sites excluding steroid dienone is 1. The Morgan fingerprint density at radius 2 is 1.00 bits per heavy atom. The van der Waals surface area contributed by atoms with Crippen molar-refractivity contribution in [3.63, 3.8) is 0 Å². The molecule has 0 aliphatic rings. The Kier molecular flexibility index (Phi) is 6.38. The molecule has 0 amide bonds. The summed E-state index contributed by atoms with van der Waals surface area (Å²) in [7, 11) is 0. The smallest absolute Gasteiger partial charge is 0.0154 e. The van der Waals surface area contributed by atoms with E-state index in [0.717, 1.165) is 0 Å². The fourth-order valence-corrected chi connectivity index (χ4v) is 2.39. The van der Waals surface area contributed by atoms with E-state index in [0.29, 0.717) is 0 Å². The second-order valence-electron chi connectivity index (χ2n) is 5.59. The summed E-state index contributed by atoms with van der Waals surface area (Å²) in [4.78, 5) is 0. The third-order valence-electron chi connectivity index (χ3n) is 3.68. The van der Waals surface area contributed by atoms with E-state index in [4.69, 9.17) is 0 Å². The molecule has 0 fully saturated rings. The molecule has 0 saturated carbocycles. The van der Waals surface area contributed by atoms with Crippen LogP contribution >= 0.6 is 0 Å². The van der Waals surface area contributed by atoms with Crippen LogP contribution in [0.15, 0.2) is 91.0 Å². The highest BCUT2D eigenvalue weighted by atomic mass is 14.1. The Labute approximate surface area is 140 Å². The van der Waals surface area contributed by atoms with Crippen molar-refractivity contribution in [3.8, 4) is 0 Å². The average molecular weight is 300 g/mol. The van der Waals surface area contributed by atoms with Crippen LogP contribution < -0.4 is 0 Å². The molecule has 0 bridgehead atoms. The van der Waals surface area contributed by atoms with Crippen molar-refractivity contribution < 1.29 is 0 Å². The van der Waals surface area contributed by atoms with E-state index < -0.39 is 0 Å². The maximum atomic E-state index is 2.18. The van der Waals surface area contributed by atoms with Crippen LogP contribution in [-0.2, 0) is 0 Å². The van der Waals surface area contributed by atoms with Crippen LogP contribution in [0.2, 0.25) is 0 Å². The molecular weight excluding hydrogens is 276 g/mol. The minimum absolute atomic E-state index is 1.27. The minimum Gasteiger partial charge on any atom is -0.0792 e. The van der Waals surface area contributed by atoms with Gasteiger partial charge >= 0.3 is 0 Å². The molecular formula is C23H24. The largest absolute Gasteiger partial charge is 0.0792 e. The highest BCUT2D eigenvalue weighted by Gasteiger charge is 2.02. The SMILES string of the molecule is C/C=C(\c1ccccc1)c1ccc(C)cc1.Cc1ccccc1. The predicted octanol–water partition coefficient (Wildman–Crippen LogP) is 6.44. The van der Waals surface area contributed by atoms with E-state index in [1.54, 1.807) is 0 Å². The van der Waals surface area contributed by atoms with E-state index in [1.807, 2.05) is 24.3 Å². The lowest BCUT2D eigenvalue weighted by atomic mass is 9.97. The molecule has 116 valence electrons. The van der Waals surface area contributed by atoms with Crippen molar-refractivity contribution in [1.29, 1.82) is 0 Å². The van der Waals surface area contributed by atoms with Crippen molar-refractivity contribution in [2.45, 2.75) is 20.8 Å². The van der Waals surface area contributed by atoms with Gasteiger partial charge in [-0.3, -0.25) is 0 Å². The van der Waals surface area contributed by atoms with Crippen molar-refractivity contribution in [3.05, 3.63) is 113 Å². The maximum absolute atomic E-state index is 2.18. The Bertz CT molecular complexity index is 720. The molecule has 0 spiro atoms. The van der Waals surface area contributed by atoms with Gasteiger partial charge < -0.3 is 0 Å².